The molecule has 0 aliphatic carbocycles. The van der Waals surface area contributed by atoms with Gasteiger partial charge in [0.05, 0.1) is 22.6 Å². The lowest BCUT2D eigenvalue weighted by atomic mass is 10.2. The number of ether oxygens (including phenoxy) is 2. The lowest BCUT2D eigenvalue weighted by molar-refractivity contribution is -0.274. The molecule has 1 aliphatic heterocycles. The number of alkyl halides is 3. The number of hydrogen-bond donors (Lipinski definition) is 1. The number of aromatic nitrogens is 2. The van der Waals surface area contributed by atoms with Crippen LogP contribution in [-0.2, 0) is 14.8 Å². The van der Waals surface area contributed by atoms with E-state index < -0.39 is 39.6 Å². The molecule has 0 bridgehead atoms. The van der Waals surface area contributed by atoms with Crippen LogP contribution in [0.3, 0.4) is 0 Å². The minimum atomic E-state index is -4.92. The van der Waals surface area contributed by atoms with E-state index in [2.05, 4.69) is 15.2 Å². The Balaban J connectivity index is 1.48. The van der Waals surface area contributed by atoms with Crippen LogP contribution >= 0.6 is 11.3 Å². The predicted molar refractivity (Wildman–Crippen MR) is 155 cm³/mol. The van der Waals surface area contributed by atoms with E-state index in [1.807, 2.05) is 0 Å². The van der Waals surface area contributed by atoms with Crippen LogP contribution in [0.2, 0.25) is 0 Å². The molecule has 2 aromatic heterocycles. The van der Waals surface area contributed by atoms with Crippen LogP contribution in [0.25, 0.3) is 16.5 Å². The minimum Gasteiger partial charge on any atom is -0.461 e. The summed E-state index contributed by atoms with van der Waals surface area (Å²) in [6.07, 6.45) is -2.39. The van der Waals surface area contributed by atoms with Gasteiger partial charge in [-0.25, -0.2) is 13.2 Å². The van der Waals surface area contributed by atoms with Gasteiger partial charge in [-0.2, -0.15) is 14.1 Å². The molecule has 0 saturated carbocycles. The number of piperidine rings is 1. The first-order chi connectivity index (χ1) is 20.9. The smallest absolute Gasteiger partial charge is 0.461 e. The van der Waals surface area contributed by atoms with E-state index in [0.29, 0.717) is 13.1 Å². The second-order valence-electron chi connectivity index (χ2n) is 9.62. The number of nitrogens with zero attached hydrogens (tertiary/aromatic N) is 3. The summed E-state index contributed by atoms with van der Waals surface area (Å²) in [5.74, 6) is -2.03. The predicted octanol–water partition coefficient (Wildman–Crippen LogP) is 4.95. The third-order valence-electron chi connectivity index (χ3n) is 6.73. The van der Waals surface area contributed by atoms with Gasteiger partial charge in [-0.15, -0.1) is 24.5 Å². The lowest BCUT2D eigenvalue weighted by Crippen LogP contribution is -2.35. The van der Waals surface area contributed by atoms with Gasteiger partial charge in [0.1, 0.15) is 10.8 Å². The Labute approximate surface area is 252 Å². The minimum absolute atomic E-state index is 0.00180. The highest BCUT2D eigenvalue weighted by Crippen LogP contribution is 2.32. The molecule has 1 fully saturated rings. The van der Waals surface area contributed by atoms with E-state index in [1.165, 1.54) is 34.0 Å². The number of thiophene rings is 1. The average molecular weight is 651 g/mol. The molecular weight excluding hydrogens is 625 g/mol. The molecule has 5 rings (SSSR count). The third-order valence-corrected chi connectivity index (χ3v) is 9.54. The summed E-state index contributed by atoms with van der Waals surface area (Å²) in [6.45, 7) is 2.44. The van der Waals surface area contributed by atoms with Gasteiger partial charge >= 0.3 is 12.3 Å². The number of sulfonamides is 1. The number of esters is 1. The highest BCUT2D eigenvalue weighted by Gasteiger charge is 2.31. The molecule has 232 valence electrons. The Kier molecular flexibility index (Phi) is 8.76. The number of anilines is 1. The largest absolute Gasteiger partial charge is 0.573 e. The number of amides is 1. The van der Waals surface area contributed by atoms with Crippen LogP contribution < -0.4 is 15.6 Å². The van der Waals surface area contributed by atoms with E-state index in [0.717, 1.165) is 59.5 Å². The molecule has 1 amide bonds. The molecule has 0 unspecified atom stereocenters. The quantitative estimate of drug-likeness (QED) is 0.265. The van der Waals surface area contributed by atoms with Crippen LogP contribution in [0.4, 0.5) is 18.2 Å². The van der Waals surface area contributed by atoms with Gasteiger partial charge in [0.15, 0.2) is 5.69 Å². The number of carbonyl (C=O) groups is 2. The highest BCUT2D eigenvalue weighted by molar-refractivity contribution is 7.89. The van der Waals surface area contributed by atoms with Crippen molar-refractivity contribution in [1.82, 2.24) is 14.1 Å². The van der Waals surface area contributed by atoms with Gasteiger partial charge < -0.3 is 14.8 Å². The second-order valence-corrected chi connectivity index (χ2v) is 12.4. The van der Waals surface area contributed by atoms with Gasteiger partial charge in [0.2, 0.25) is 10.0 Å². The molecule has 11 nitrogen and oxygen atoms in total. The van der Waals surface area contributed by atoms with Gasteiger partial charge in [-0.05, 0) is 68.3 Å². The molecule has 44 heavy (non-hydrogen) atoms. The average Bonchev–Trinajstić information content (AvgIpc) is 3.41. The van der Waals surface area contributed by atoms with Crippen LogP contribution in [0.5, 0.6) is 5.75 Å². The molecule has 3 heterocycles. The van der Waals surface area contributed by atoms with Crippen molar-refractivity contribution in [2.75, 3.05) is 25.0 Å². The Bertz CT molecular complexity index is 1860. The fourth-order valence-electron chi connectivity index (χ4n) is 4.66. The zero-order valence-corrected chi connectivity index (χ0v) is 24.7. The maximum absolute atomic E-state index is 13.6. The first-order valence-electron chi connectivity index (χ1n) is 13.4. The van der Waals surface area contributed by atoms with E-state index in [1.54, 1.807) is 6.92 Å². The fraction of sp³-hybridized carbons (Fsp3) is 0.286. The fourth-order valence-corrected chi connectivity index (χ4v) is 7.11. The molecule has 0 radical (unpaired) electrons. The highest BCUT2D eigenvalue weighted by atomic mass is 32.2. The molecule has 4 aromatic rings. The Morgan fingerprint density at radius 2 is 1.68 bits per heavy atom. The number of benzene rings is 2. The number of nitrogens with one attached hydrogen (secondary N) is 1. The topological polar surface area (TPSA) is 137 Å². The van der Waals surface area contributed by atoms with Crippen molar-refractivity contribution >= 4 is 49.0 Å². The van der Waals surface area contributed by atoms with E-state index in [4.69, 9.17) is 4.74 Å². The summed E-state index contributed by atoms with van der Waals surface area (Å²) in [4.78, 5) is 39.6. The van der Waals surface area contributed by atoms with Gasteiger partial charge in [0, 0.05) is 29.4 Å². The molecule has 2 aromatic carbocycles. The third kappa shape index (κ3) is 6.46. The van der Waals surface area contributed by atoms with Crippen LogP contribution in [-0.4, -0.2) is 60.4 Å². The monoisotopic (exact) mass is 650 g/mol. The van der Waals surface area contributed by atoms with Crippen molar-refractivity contribution in [3.63, 3.8) is 0 Å². The van der Waals surface area contributed by atoms with Crippen molar-refractivity contribution in [1.29, 1.82) is 0 Å². The van der Waals surface area contributed by atoms with Crippen LogP contribution in [0.15, 0.2) is 63.6 Å². The summed E-state index contributed by atoms with van der Waals surface area (Å²) in [7, 11) is -3.70. The molecule has 16 heteroatoms. The van der Waals surface area contributed by atoms with E-state index in [-0.39, 0.29) is 44.2 Å². The van der Waals surface area contributed by atoms with E-state index >= 15 is 0 Å². The maximum Gasteiger partial charge on any atom is 0.573 e. The second kappa shape index (κ2) is 12.4. The summed E-state index contributed by atoms with van der Waals surface area (Å²) in [6, 6.07) is 9.67. The SMILES string of the molecule is CCOC(=O)c1nn(-c2ccc(OC(F)(F)F)cc2)c(=O)c2c(NC(=O)c3ccc(S(=O)(=O)N4CCCCC4)cc3)scc12. The summed E-state index contributed by atoms with van der Waals surface area (Å²) >= 11 is 0.948. The maximum atomic E-state index is 13.6. The van der Waals surface area contributed by atoms with Crippen molar-refractivity contribution < 1.29 is 40.7 Å². The molecule has 1 saturated heterocycles. The zero-order valence-electron chi connectivity index (χ0n) is 23.1. The van der Waals surface area contributed by atoms with Crippen LogP contribution in [0.1, 0.15) is 47.0 Å². The van der Waals surface area contributed by atoms with Crippen molar-refractivity contribution in [3.05, 3.63) is 75.5 Å². The molecule has 0 spiro atoms. The number of rotatable bonds is 8. The number of carbonyl (C=O) groups excluding carboxylic acids is 2. The van der Waals surface area contributed by atoms with Crippen molar-refractivity contribution in [3.8, 4) is 11.4 Å². The van der Waals surface area contributed by atoms with E-state index in [9.17, 15) is 36.0 Å². The van der Waals surface area contributed by atoms with Crippen LogP contribution in [0, 0.1) is 0 Å². The molecule has 1 N–H and O–H groups in total. The molecule has 1 aliphatic rings. The summed E-state index contributed by atoms with van der Waals surface area (Å²) in [5, 5.41) is 8.29. The van der Waals surface area contributed by atoms with Gasteiger partial charge in [-0.3, -0.25) is 9.59 Å². The molecule has 0 atom stereocenters. The number of fused-ring (bicyclic) bond motifs is 1. The van der Waals surface area contributed by atoms with Crippen molar-refractivity contribution in [2.45, 2.75) is 37.4 Å². The Hall–Kier alpha value is -4.28. The normalized spacial score (nSPS) is 14.4. The zero-order chi connectivity index (χ0) is 31.6. The summed E-state index contributed by atoms with van der Waals surface area (Å²) < 4.78 is 74.9. The first-order valence-corrected chi connectivity index (χ1v) is 15.7. The first kappa shape index (κ1) is 31.2. The number of hydrogen-bond acceptors (Lipinski definition) is 9. The number of halogens is 3. The van der Waals surface area contributed by atoms with Crippen molar-refractivity contribution in [2.24, 2.45) is 0 Å². The molecular formula is C28H25F3N4O7S2. The Morgan fingerprint density at radius 1 is 1.02 bits per heavy atom. The Morgan fingerprint density at radius 3 is 2.30 bits per heavy atom. The van der Waals surface area contributed by atoms with Gasteiger partial charge in [-0.1, -0.05) is 6.42 Å². The lowest BCUT2D eigenvalue weighted by Gasteiger charge is -2.25. The van der Waals surface area contributed by atoms with Gasteiger partial charge in [0.25, 0.3) is 11.5 Å². The summed E-state index contributed by atoms with van der Waals surface area (Å²) in [5.41, 5.74) is -0.881. The standard InChI is InChI=1S/C28H25F3N4O7S2/c1-2-41-27(38)23-21-16-43-25(22(21)26(37)35(33-23)18-8-10-19(11-9-18)42-28(29,30)31)32-24(36)17-6-12-20(13-7-17)44(39,40)34-14-4-3-5-15-34/h6-13,16H,2-5,14-15H2,1H3,(H,32,36).